The van der Waals surface area contributed by atoms with Crippen LogP contribution in [0.1, 0.15) is 34.3 Å². The summed E-state index contributed by atoms with van der Waals surface area (Å²) in [6.45, 7) is 0.383. The molecule has 0 radical (unpaired) electrons. The zero-order chi connectivity index (χ0) is 11.1. The van der Waals surface area contributed by atoms with Gasteiger partial charge in [0.05, 0.1) is 5.69 Å². The van der Waals surface area contributed by atoms with Crippen LogP contribution in [0.5, 0.6) is 0 Å². The number of hydrogen-bond acceptors (Lipinski definition) is 3. The van der Waals surface area contributed by atoms with Gasteiger partial charge >= 0.3 is 6.18 Å². The molecule has 1 atom stereocenters. The molecule has 15 heavy (non-hydrogen) atoms. The van der Waals surface area contributed by atoms with Gasteiger partial charge in [-0.1, -0.05) is 0 Å². The second kappa shape index (κ2) is 3.75. The third kappa shape index (κ3) is 2.01. The number of aromatic nitrogens is 1. The summed E-state index contributed by atoms with van der Waals surface area (Å²) >= 11 is 0.770. The number of halogens is 3. The Kier molecular flexibility index (Phi) is 2.72. The van der Waals surface area contributed by atoms with E-state index < -0.39 is 11.2 Å². The molecule has 1 aliphatic rings. The Hall–Kier alpha value is -0.620. The van der Waals surface area contributed by atoms with Crippen molar-refractivity contribution in [3.63, 3.8) is 0 Å². The van der Waals surface area contributed by atoms with Crippen molar-refractivity contribution in [3.05, 3.63) is 15.6 Å². The molecule has 6 heteroatoms. The van der Waals surface area contributed by atoms with Gasteiger partial charge in [-0.3, -0.25) is 0 Å². The Bertz CT molecular complexity index is 359. The van der Waals surface area contributed by atoms with Crippen LogP contribution in [0.2, 0.25) is 0 Å². The molecule has 84 valence electrons. The zero-order valence-corrected chi connectivity index (χ0v) is 8.79. The average Bonchev–Trinajstić information content (AvgIpc) is 2.59. The van der Waals surface area contributed by atoms with E-state index in [0.717, 1.165) is 29.1 Å². The Morgan fingerprint density at radius 2 is 2.20 bits per heavy atom. The van der Waals surface area contributed by atoms with Gasteiger partial charge in [0.15, 0.2) is 5.01 Å². The maximum atomic E-state index is 12.4. The minimum atomic E-state index is -4.32. The van der Waals surface area contributed by atoms with E-state index in [9.17, 15) is 13.2 Å². The molecule has 1 aromatic heterocycles. The van der Waals surface area contributed by atoms with Gasteiger partial charge in [0.2, 0.25) is 0 Å². The van der Waals surface area contributed by atoms with Gasteiger partial charge in [-0.2, -0.15) is 13.2 Å². The monoisotopic (exact) mass is 236 g/mol. The zero-order valence-electron chi connectivity index (χ0n) is 7.97. The third-order valence-corrected chi connectivity index (χ3v) is 3.77. The first-order chi connectivity index (χ1) is 7.02. The average molecular weight is 236 g/mol. The number of hydrogen-bond donors (Lipinski definition) is 1. The van der Waals surface area contributed by atoms with Crippen molar-refractivity contribution in [1.82, 2.24) is 4.98 Å². The van der Waals surface area contributed by atoms with Gasteiger partial charge < -0.3 is 5.73 Å². The van der Waals surface area contributed by atoms with E-state index in [0.29, 0.717) is 18.7 Å². The molecule has 1 heterocycles. The molecule has 1 aromatic rings. The van der Waals surface area contributed by atoms with E-state index in [2.05, 4.69) is 4.98 Å². The van der Waals surface area contributed by atoms with E-state index in [1.165, 1.54) is 0 Å². The van der Waals surface area contributed by atoms with Gasteiger partial charge in [0.25, 0.3) is 0 Å². The smallest absolute Gasteiger partial charge is 0.330 e. The number of alkyl halides is 3. The van der Waals surface area contributed by atoms with Crippen molar-refractivity contribution in [2.24, 2.45) is 5.73 Å². The Labute approximate surface area is 89.3 Å². The van der Waals surface area contributed by atoms with Gasteiger partial charge in [-0.25, -0.2) is 4.98 Å². The van der Waals surface area contributed by atoms with Crippen LogP contribution in [0.4, 0.5) is 13.2 Å². The predicted octanol–water partition coefficient (Wildman–Crippen LogP) is 2.54. The highest BCUT2D eigenvalue weighted by Crippen LogP contribution is 2.39. The van der Waals surface area contributed by atoms with E-state index >= 15 is 0 Å². The van der Waals surface area contributed by atoms with Crippen LogP contribution in [0.25, 0.3) is 0 Å². The molecule has 0 bridgehead atoms. The number of fused-ring (bicyclic) bond motifs is 1. The summed E-state index contributed by atoms with van der Waals surface area (Å²) in [4.78, 5) is 4.46. The summed E-state index contributed by atoms with van der Waals surface area (Å²) in [5.41, 5.74) is 6.10. The first kappa shape index (κ1) is 10.9. The number of thiazole rings is 1. The SMILES string of the molecule is NCC1CCCc2sc(C(F)(F)F)nc21. The highest BCUT2D eigenvalue weighted by atomic mass is 32.1. The van der Waals surface area contributed by atoms with Crippen molar-refractivity contribution in [3.8, 4) is 0 Å². The van der Waals surface area contributed by atoms with E-state index in [-0.39, 0.29) is 5.92 Å². The lowest BCUT2D eigenvalue weighted by Crippen LogP contribution is -2.18. The molecular weight excluding hydrogens is 225 g/mol. The fourth-order valence-corrected chi connectivity index (χ4v) is 2.91. The Morgan fingerprint density at radius 1 is 1.47 bits per heavy atom. The molecule has 2 N–H and O–H groups in total. The molecule has 0 fully saturated rings. The molecule has 1 aliphatic carbocycles. The number of nitrogens with zero attached hydrogens (tertiary/aromatic N) is 1. The normalized spacial score (nSPS) is 21.5. The van der Waals surface area contributed by atoms with E-state index in [1.54, 1.807) is 0 Å². The predicted molar refractivity (Wildman–Crippen MR) is 51.8 cm³/mol. The lowest BCUT2D eigenvalue weighted by atomic mass is 9.91. The van der Waals surface area contributed by atoms with Crippen LogP contribution >= 0.6 is 11.3 Å². The third-order valence-electron chi connectivity index (χ3n) is 2.60. The van der Waals surface area contributed by atoms with Gasteiger partial charge in [0.1, 0.15) is 0 Å². The van der Waals surface area contributed by atoms with Crippen molar-refractivity contribution < 1.29 is 13.2 Å². The summed E-state index contributed by atoms with van der Waals surface area (Å²) in [5.74, 6) is 0.0149. The fourth-order valence-electron chi connectivity index (χ4n) is 1.86. The maximum absolute atomic E-state index is 12.4. The number of rotatable bonds is 1. The fraction of sp³-hybridized carbons (Fsp3) is 0.667. The molecule has 0 amide bonds. The van der Waals surface area contributed by atoms with Crippen LogP contribution in [0.3, 0.4) is 0 Å². The first-order valence-corrected chi connectivity index (χ1v) is 5.61. The second-order valence-corrected chi connectivity index (χ2v) is 4.73. The van der Waals surface area contributed by atoms with Crippen molar-refractivity contribution in [2.45, 2.75) is 31.4 Å². The van der Waals surface area contributed by atoms with Gasteiger partial charge in [0, 0.05) is 17.3 Å². The van der Waals surface area contributed by atoms with Crippen LogP contribution in [-0.2, 0) is 12.6 Å². The van der Waals surface area contributed by atoms with Crippen LogP contribution < -0.4 is 5.73 Å². The number of nitrogens with two attached hydrogens (primary N) is 1. The minimum Gasteiger partial charge on any atom is -0.330 e. The summed E-state index contributed by atoms with van der Waals surface area (Å²) in [6.07, 6.45) is -1.85. The lowest BCUT2D eigenvalue weighted by Gasteiger charge is -2.18. The summed E-state index contributed by atoms with van der Waals surface area (Å²) < 4.78 is 37.3. The van der Waals surface area contributed by atoms with Gasteiger partial charge in [-0.15, -0.1) is 11.3 Å². The molecule has 1 unspecified atom stereocenters. The van der Waals surface area contributed by atoms with E-state index in [1.807, 2.05) is 0 Å². The summed E-state index contributed by atoms with van der Waals surface area (Å²) in [5, 5.41) is -0.729. The van der Waals surface area contributed by atoms with Crippen molar-refractivity contribution in [1.29, 1.82) is 0 Å². The molecule has 0 spiro atoms. The second-order valence-electron chi connectivity index (χ2n) is 3.65. The van der Waals surface area contributed by atoms with Crippen LogP contribution in [0.15, 0.2) is 0 Å². The first-order valence-electron chi connectivity index (χ1n) is 4.79. The van der Waals surface area contributed by atoms with Crippen molar-refractivity contribution in [2.75, 3.05) is 6.54 Å². The molecule has 0 saturated carbocycles. The lowest BCUT2D eigenvalue weighted by molar-refractivity contribution is -0.137. The highest BCUT2D eigenvalue weighted by Gasteiger charge is 2.37. The maximum Gasteiger partial charge on any atom is 0.443 e. The summed E-state index contributed by atoms with van der Waals surface area (Å²) in [6, 6.07) is 0. The van der Waals surface area contributed by atoms with Crippen LogP contribution in [0, 0.1) is 0 Å². The van der Waals surface area contributed by atoms with Crippen molar-refractivity contribution >= 4 is 11.3 Å². The topological polar surface area (TPSA) is 38.9 Å². The van der Waals surface area contributed by atoms with Gasteiger partial charge in [-0.05, 0) is 19.3 Å². The molecule has 2 nitrogen and oxygen atoms in total. The Morgan fingerprint density at radius 3 is 2.80 bits per heavy atom. The Balaban J connectivity index is 2.37. The highest BCUT2D eigenvalue weighted by molar-refractivity contribution is 7.11. The molecule has 0 aliphatic heterocycles. The standard InChI is InChI=1S/C9H11F3N2S/c10-9(11,12)8-14-7-5(4-13)2-1-3-6(7)15-8/h5H,1-4,13H2. The number of aryl methyl sites for hydroxylation is 1. The molecule has 0 aromatic carbocycles. The molecule has 2 rings (SSSR count). The van der Waals surface area contributed by atoms with Crippen LogP contribution in [-0.4, -0.2) is 11.5 Å². The summed E-state index contributed by atoms with van der Waals surface area (Å²) in [7, 11) is 0. The minimum absolute atomic E-state index is 0.0149. The quantitative estimate of drug-likeness (QED) is 0.813. The largest absolute Gasteiger partial charge is 0.443 e. The molecular formula is C9H11F3N2S. The molecule has 0 saturated heterocycles. The van der Waals surface area contributed by atoms with E-state index in [4.69, 9.17) is 5.73 Å².